The molecule has 0 spiro atoms. The lowest BCUT2D eigenvalue weighted by Gasteiger charge is -2.04. The first-order valence-corrected chi connectivity index (χ1v) is 6.28. The highest BCUT2D eigenvalue weighted by molar-refractivity contribution is 9.10. The van der Waals surface area contributed by atoms with E-state index in [2.05, 4.69) is 43.3 Å². The first kappa shape index (κ1) is 9.49. The van der Waals surface area contributed by atoms with Gasteiger partial charge in [0.15, 0.2) is 4.67 Å². The highest BCUT2D eigenvalue weighted by Gasteiger charge is 2.15. The van der Waals surface area contributed by atoms with Gasteiger partial charge in [-0.15, -0.1) is 11.3 Å². The fraction of sp³-hybridized carbons (Fsp3) is 0.111. The minimum absolute atomic E-state index is 0.223. The summed E-state index contributed by atoms with van der Waals surface area (Å²) >= 11 is 8.71. The van der Waals surface area contributed by atoms with E-state index in [0.29, 0.717) is 0 Å². The Balaban J connectivity index is 2.33. The van der Waals surface area contributed by atoms with Crippen LogP contribution in [-0.2, 0) is 0 Å². The molecule has 0 aliphatic heterocycles. The van der Waals surface area contributed by atoms with Crippen LogP contribution in [0.5, 0.6) is 0 Å². The lowest BCUT2D eigenvalue weighted by atomic mass is 10.2. The minimum Gasteiger partial charge on any atom is -0.457 e. The van der Waals surface area contributed by atoms with Crippen LogP contribution in [0.2, 0.25) is 0 Å². The Kier molecular flexibility index (Phi) is 2.91. The van der Waals surface area contributed by atoms with Gasteiger partial charge in [-0.1, -0.05) is 22.0 Å². The quantitative estimate of drug-likeness (QED) is 0.737. The van der Waals surface area contributed by atoms with Crippen molar-refractivity contribution in [3.63, 3.8) is 0 Å². The van der Waals surface area contributed by atoms with Gasteiger partial charge in [-0.05, 0) is 33.4 Å². The predicted octanol–water partition coefficient (Wildman–Crippen LogP) is 4.59. The Bertz CT molecular complexity index is 380. The average molecular weight is 322 g/mol. The van der Waals surface area contributed by atoms with Gasteiger partial charge in [-0.3, -0.25) is 0 Å². The van der Waals surface area contributed by atoms with E-state index >= 15 is 0 Å². The van der Waals surface area contributed by atoms with Crippen LogP contribution >= 0.6 is 43.2 Å². The van der Waals surface area contributed by atoms with E-state index in [4.69, 9.17) is 4.42 Å². The molecule has 2 rings (SSSR count). The molecule has 0 saturated heterocycles. The number of hydrogen-bond acceptors (Lipinski definition) is 2. The maximum Gasteiger partial charge on any atom is 0.173 e. The number of furan rings is 1. The van der Waals surface area contributed by atoms with Crippen LogP contribution in [0.25, 0.3) is 0 Å². The molecule has 68 valence electrons. The second kappa shape index (κ2) is 3.98. The summed E-state index contributed by atoms with van der Waals surface area (Å²) in [6, 6.07) is 6.11. The predicted molar refractivity (Wildman–Crippen MR) is 61.5 cm³/mol. The largest absolute Gasteiger partial charge is 0.457 e. The molecule has 2 aromatic rings. The van der Waals surface area contributed by atoms with Crippen molar-refractivity contribution in [3.8, 4) is 0 Å². The Morgan fingerprint density at radius 2 is 2.23 bits per heavy atom. The van der Waals surface area contributed by atoms with Gasteiger partial charge >= 0.3 is 0 Å². The van der Waals surface area contributed by atoms with E-state index in [1.54, 1.807) is 17.6 Å². The smallest absolute Gasteiger partial charge is 0.173 e. The molecule has 0 N–H and O–H groups in total. The number of alkyl halides is 1. The van der Waals surface area contributed by atoms with E-state index in [1.807, 2.05) is 12.1 Å². The lowest BCUT2D eigenvalue weighted by molar-refractivity contribution is 0.538. The molecule has 0 aliphatic rings. The molecule has 0 aromatic carbocycles. The molecular formula is C9H6Br2OS. The van der Waals surface area contributed by atoms with E-state index in [1.165, 1.54) is 4.88 Å². The number of rotatable bonds is 2. The van der Waals surface area contributed by atoms with Gasteiger partial charge in [0.2, 0.25) is 0 Å². The fourth-order valence-corrected chi connectivity index (χ4v) is 3.40. The van der Waals surface area contributed by atoms with Crippen molar-refractivity contribution in [3.05, 3.63) is 45.0 Å². The molecule has 0 bridgehead atoms. The Morgan fingerprint density at radius 1 is 1.38 bits per heavy atom. The fourth-order valence-electron chi connectivity index (χ4n) is 1.07. The third kappa shape index (κ3) is 1.90. The second-order valence-electron chi connectivity index (χ2n) is 2.53. The number of hydrogen-bond donors (Lipinski definition) is 0. The summed E-state index contributed by atoms with van der Waals surface area (Å²) in [4.78, 5) is 1.50. The molecule has 13 heavy (non-hydrogen) atoms. The van der Waals surface area contributed by atoms with Crippen LogP contribution in [0.4, 0.5) is 0 Å². The zero-order valence-corrected chi connectivity index (χ0v) is 10.5. The summed E-state index contributed by atoms with van der Waals surface area (Å²) in [7, 11) is 0. The van der Waals surface area contributed by atoms with Crippen LogP contribution in [-0.4, -0.2) is 0 Å². The van der Waals surface area contributed by atoms with Crippen LogP contribution < -0.4 is 0 Å². The van der Waals surface area contributed by atoms with Crippen molar-refractivity contribution >= 4 is 43.2 Å². The topological polar surface area (TPSA) is 13.1 Å². The highest BCUT2D eigenvalue weighted by Crippen LogP contribution is 2.37. The zero-order chi connectivity index (χ0) is 9.26. The van der Waals surface area contributed by atoms with Crippen molar-refractivity contribution in [2.24, 2.45) is 0 Å². The molecule has 1 atom stereocenters. The van der Waals surface area contributed by atoms with Crippen molar-refractivity contribution in [1.29, 1.82) is 0 Å². The van der Waals surface area contributed by atoms with Crippen LogP contribution in [0.15, 0.2) is 38.9 Å². The van der Waals surface area contributed by atoms with Crippen LogP contribution in [0.3, 0.4) is 0 Å². The molecule has 4 heteroatoms. The van der Waals surface area contributed by atoms with E-state index in [0.717, 1.165) is 10.2 Å². The van der Waals surface area contributed by atoms with Gasteiger partial charge in [0.05, 0.1) is 11.1 Å². The minimum atomic E-state index is 0.223. The molecule has 1 unspecified atom stereocenters. The van der Waals surface area contributed by atoms with Crippen molar-refractivity contribution in [2.45, 2.75) is 4.83 Å². The Hall–Kier alpha value is -0.0600. The maximum atomic E-state index is 5.17. The molecule has 0 saturated carbocycles. The molecule has 0 radical (unpaired) electrons. The first-order valence-electron chi connectivity index (χ1n) is 3.69. The second-order valence-corrected chi connectivity index (χ2v) is 5.14. The highest BCUT2D eigenvalue weighted by atomic mass is 79.9. The third-order valence-corrected chi connectivity index (χ3v) is 4.58. The summed E-state index contributed by atoms with van der Waals surface area (Å²) in [6.07, 6.45) is 1.68. The van der Waals surface area contributed by atoms with Gasteiger partial charge in [0.25, 0.3) is 0 Å². The van der Waals surface area contributed by atoms with Crippen molar-refractivity contribution in [2.75, 3.05) is 0 Å². The normalized spacial score (nSPS) is 13.1. The molecule has 2 heterocycles. The third-order valence-electron chi connectivity index (χ3n) is 1.71. The van der Waals surface area contributed by atoms with Crippen LogP contribution in [0.1, 0.15) is 15.3 Å². The maximum absolute atomic E-state index is 5.17. The molecule has 0 aliphatic carbocycles. The summed E-state index contributed by atoms with van der Waals surface area (Å²) < 4.78 is 5.97. The van der Waals surface area contributed by atoms with E-state index in [-0.39, 0.29) is 4.83 Å². The summed E-state index contributed by atoms with van der Waals surface area (Å²) in [5, 5.41) is 2.07. The number of halogens is 2. The van der Waals surface area contributed by atoms with Gasteiger partial charge in [-0.25, -0.2) is 0 Å². The van der Waals surface area contributed by atoms with Crippen molar-refractivity contribution < 1.29 is 4.42 Å². The Morgan fingerprint density at radius 3 is 2.77 bits per heavy atom. The molecule has 0 fully saturated rings. The van der Waals surface area contributed by atoms with Gasteiger partial charge in [0.1, 0.15) is 0 Å². The lowest BCUT2D eigenvalue weighted by Crippen LogP contribution is -1.86. The summed E-state index contributed by atoms with van der Waals surface area (Å²) in [5.41, 5.74) is 1.13. The van der Waals surface area contributed by atoms with Gasteiger partial charge < -0.3 is 4.42 Å². The SMILES string of the molecule is Brc1occc1C(Br)c1cccs1. The zero-order valence-electron chi connectivity index (χ0n) is 6.54. The standard InChI is InChI=1S/C9H6Br2OS/c10-8(7-2-1-5-13-7)6-3-4-12-9(6)11/h1-5,8H. The molecule has 1 nitrogen and oxygen atoms in total. The Labute approximate surface area is 97.0 Å². The molecular weight excluding hydrogens is 316 g/mol. The monoisotopic (exact) mass is 320 g/mol. The van der Waals surface area contributed by atoms with Crippen molar-refractivity contribution in [1.82, 2.24) is 0 Å². The van der Waals surface area contributed by atoms with Gasteiger partial charge in [0, 0.05) is 10.4 Å². The van der Waals surface area contributed by atoms with E-state index < -0.39 is 0 Å². The molecule has 0 amide bonds. The average Bonchev–Trinajstić information content (AvgIpc) is 2.72. The summed E-state index contributed by atoms with van der Waals surface area (Å²) in [6.45, 7) is 0. The summed E-state index contributed by atoms with van der Waals surface area (Å²) in [5.74, 6) is 0. The first-order chi connectivity index (χ1) is 6.29. The van der Waals surface area contributed by atoms with E-state index in [9.17, 15) is 0 Å². The number of thiophene rings is 1. The van der Waals surface area contributed by atoms with Crippen LogP contribution in [0, 0.1) is 0 Å². The van der Waals surface area contributed by atoms with Gasteiger partial charge in [-0.2, -0.15) is 0 Å². The molecule has 2 aromatic heterocycles.